The highest BCUT2D eigenvalue weighted by Gasteiger charge is 2.15. The van der Waals surface area contributed by atoms with Gasteiger partial charge in [0.2, 0.25) is 0 Å². The molecule has 1 N–H and O–H groups in total. The highest BCUT2D eigenvalue weighted by Crippen LogP contribution is 2.11. The first kappa shape index (κ1) is 13.6. The van der Waals surface area contributed by atoms with Crippen LogP contribution >= 0.6 is 0 Å². The standard InChI is InChI=1S/C10H18N4O3/c1-3-8(5-10(15)16)6-14-9(7-17-4-2)11-12-13-14/h8H,3-7H2,1-2H3,(H,15,16). The van der Waals surface area contributed by atoms with Crippen molar-refractivity contribution < 1.29 is 14.6 Å². The van der Waals surface area contributed by atoms with E-state index in [9.17, 15) is 4.79 Å². The molecule has 0 aromatic carbocycles. The van der Waals surface area contributed by atoms with Gasteiger partial charge in [0, 0.05) is 19.6 Å². The van der Waals surface area contributed by atoms with Crippen molar-refractivity contribution in [2.75, 3.05) is 6.61 Å². The summed E-state index contributed by atoms with van der Waals surface area (Å²) in [5.74, 6) is -0.122. The first-order valence-corrected chi connectivity index (χ1v) is 5.71. The molecule has 17 heavy (non-hydrogen) atoms. The Morgan fingerprint density at radius 1 is 1.53 bits per heavy atom. The lowest BCUT2D eigenvalue weighted by atomic mass is 10.0. The molecule has 0 fully saturated rings. The van der Waals surface area contributed by atoms with E-state index in [4.69, 9.17) is 9.84 Å². The number of aromatic nitrogens is 4. The number of carboxylic acids is 1. The summed E-state index contributed by atoms with van der Waals surface area (Å²) in [5, 5.41) is 20.0. The number of nitrogens with zero attached hydrogens (tertiary/aromatic N) is 4. The van der Waals surface area contributed by atoms with Gasteiger partial charge < -0.3 is 9.84 Å². The zero-order valence-electron chi connectivity index (χ0n) is 10.2. The van der Waals surface area contributed by atoms with Gasteiger partial charge in [-0.15, -0.1) is 5.10 Å². The minimum absolute atomic E-state index is 0.0383. The fourth-order valence-electron chi connectivity index (χ4n) is 1.49. The summed E-state index contributed by atoms with van der Waals surface area (Å²) in [7, 11) is 0. The molecule has 0 spiro atoms. The lowest BCUT2D eigenvalue weighted by molar-refractivity contribution is -0.138. The molecule has 0 aliphatic rings. The number of rotatable bonds is 8. The van der Waals surface area contributed by atoms with Crippen molar-refractivity contribution in [1.29, 1.82) is 0 Å². The van der Waals surface area contributed by atoms with Gasteiger partial charge in [-0.2, -0.15) is 0 Å². The van der Waals surface area contributed by atoms with Gasteiger partial charge in [-0.05, 0) is 23.3 Å². The number of carbonyl (C=O) groups is 1. The summed E-state index contributed by atoms with van der Waals surface area (Å²) in [6.07, 6.45) is 0.907. The fraction of sp³-hybridized carbons (Fsp3) is 0.800. The van der Waals surface area contributed by atoms with Gasteiger partial charge in [0.1, 0.15) is 6.61 Å². The molecule has 0 amide bonds. The van der Waals surface area contributed by atoms with Gasteiger partial charge in [0.15, 0.2) is 5.82 Å². The molecular formula is C10H18N4O3. The van der Waals surface area contributed by atoms with Crippen LogP contribution in [-0.2, 0) is 22.7 Å². The zero-order chi connectivity index (χ0) is 12.7. The molecule has 1 aromatic heterocycles. The van der Waals surface area contributed by atoms with Gasteiger partial charge in [-0.3, -0.25) is 4.79 Å². The third-order valence-electron chi connectivity index (χ3n) is 2.51. The van der Waals surface area contributed by atoms with E-state index in [1.807, 2.05) is 13.8 Å². The molecule has 1 rings (SSSR count). The van der Waals surface area contributed by atoms with Crippen LogP contribution in [0.3, 0.4) is 0 Å². The van der Waals surface area contributed by atoms with E-state index >= 15 is 0 Å². The smallest absolute Gasteiger partial charge is 0.303 e. The average molecular weight is 242 g/mol. The van der Waals surface area contributed by atoms with Crippen LogP contribution in [0.15, 0.2) is 0 Å². The Morgan fingerprint density at radius 2 is 2.29 bits per heavy atom. The Kier molecular flexibility index (Phi) is 5.55. The van der Waals surface area contributed by atoms with Crippen LogP contribution in [-0.4, -0.2) is 37.9 Å². The van der Waals surface area contributed by atoms with Gasteiger partial charge >= 0.3 is 5.97 Å². The lowest BCUT2D eigenvalue weighted by Gasteiger charge is -2.12. The zero-order valence-corrected chi connectivity index (χ0v) is 10.2. The molecule has 7 heteroatoms. The Morgan fingerprint density at radius 3 is 2.88 bits per heavy atom. The normalized spacial score (nSPS) is 12.6. The number of hydrogen-bond donors (Lipinski definition) is 1. The largest absolute Gasteiger partial charge is 0.481 e. The molecule has 1 aromatic rings. The second-order valence-electron chi connectivity index (χ2n) is 3.79. The second kappa shape index (κ2) is 6.95. The summed E-state index contributed by atoms with van der Waals surface area (Å²) in [6, 6.07) is 0. The van der Waals surface area contributed by atoms with E-state index in [0.717, 1.165) is 6.42 Å². The van der Waals surface area contributed by atoms with E-state index in [-0.39, 0.29) is 12.3 Å². The molecule has 7 nitrogen and oxygen atoms in total. The van der Waals surface area contributed by atoms with E-state index in [1.54, 1.807) is 4.68 Å². The number of aliphatic carboxylic acids is 1. The predicted molar refractivity (Wildman–Crippen MR) is 59.2 cm³/mol. The highest BCUT2D eigenvalue weighted by atomic mass is 16.5. The van der Waals surface area contributed by atoms with Crippen LogP contribution in [0.25, 0.3) is 0 Å². The van der Waals surface area contributed by atoms with E-state index in [2.05, 4.69) is 15.5 Å². The topological polar surface area (TPSA) is 90.1 Å². The second-order valence-corrected chi connectivity index (χ2v) is 3.79. The molecule has 1 heterocycles. The number of hydrogen-bond acceptors (Lipinski definition) is 5. The number of tetrazole rings is 1. The Bertz CT molecular complexity index is 353. The monoisotopic (exact) mass is 242 g/mol. The van der Waals surface area contributed by atoms with Crippen molar-refractivity contribution in [1.82, 2.24) is 20.2 Å². The first-order valence-electron chi connectivity index (χ1n) is 5.71. The molecule has 0 aliphatic carbocycles. The molecule has 0 aliphatic heterocycles. The van der Waals surface area contributed by atoms with Crippen LogP contribution in [0.2, 0.25) is 0 Å². The maximum absolute atomic E-state index is 10.7. The predicted octanol–water partition coefficient (Wildman–Crippen LogP) is 0.710. The minimum Gasteiger partial charge on any atom is -0.481 e. The summed E-state index contributed by atoms with van der Waals surface area (Å²) in [4.78, 5) is 10.7. The van der Waals surface area contributed by atoms with E-state index in [0.29, 0.717) is 25.6 Å². The van der Waals surface area contributed by atoms with Crippen molar-refractivity contribution in [3.05, 3.63) is 5.82 Å². The molecule has 0 saturated carbocycles. The molecule has 1 atom stereocenters. The maximum atomic E-state index is 10.7. The fourth-order valence-corrected chi connectivity index (χ4v) is 1.49. The molecule has 0 bridgehead atoms. The highest BCUT2D eigenvalue weighted by molar-refractivity contribution is 5.66. The minimum atomic E-state index is -0.795. The third kappa shape index (κ3) is 4.48. The molecule has 0 radical (unpaired) electrons. The SMILES string of the molecule is CCOCc1nnnn1CC(CC)CC(=O)O. The van der Waals surface area contributed by atoms with Crippen LogP contribution in [0.4, 0.5) is 0 Å². The van der Waals surface area contributed by atoms with Crippen molar-refractivity contribution in [2.24, 2.45) is 5.92 Å². The quantitative estimate of drug-likeness (QED) is 0.722. The number of ether oxygens (including phenoxy) is 1. The van der Waals surface area contributed by atoms with E-state index in [1.165, 1.54) is 0 Å². The Labute approximate surface area is 99.8 Å². The molecule has 1 unspecified atom stereocenters. The van der Waals surface area contributed by atoms with Crippen LogP contribution in [0.1, 0.15) is 32.5 Å². The van der Waals surface area contributed by atoms with Crippen molar-refractivity contribution in [3.8, 4) is 0 Å². The Balaban J connectivity index is 2.59. The lowest BCUT2D eigenvalue weighted by Crippen LogP contribution is -2.17. The molecule has 96 valence electrons. The average Bonchev–Trinajstić information content (AvgIpc) is 2.72. The summed E-state index contributed by atoms with van der Waals surface area (Å²) >= 11 is 0. The summed E-state index contributed by atoms with van der Waals surface area (Å²) in [5.41, 5.74) is 0. The van der Waals surface area contributed by atoms with Crippen molar-refractivity contribution >= 4 is 5.97 Å². The van der Waals surface area contributed by atoms with Crippen LogP contribution in [0.5, 0.6) is 0 Å². The third-order valence-corrected chi connectivity index (χ3v) is 2.51. The summed E-state index contributed by atoms with van der Waals surface area (Å²) < 4.78 is 6.85. The van der Waals surface area contributed by atoms with E-state index < -0.39 is 5.97 Å². The number of carboxylic acid groups (broad SMARTS) is 1. The first-order chi connectivity index (χ1) is 8.17. The molecular weight excluding hydrogens is 224 g/mol. The van der Waals surface area contributed by atoms with Crippen LogP contribution in [0, 0.1) is 5.92 Å². The van der Waals surface area contributed by atoms with Crippen molar-refractivity contribution in [3.63, 3.8) is 0 Å². The van der Waals surface area contributed by atoms with Crippen molar-refractivity contribution in [2.45, 2.75) is 39.8 Å². The molecule has 0 saturated heterocycles. The van der Waals surface area contributed by atoms with Gasteiger partial charge in [0.05, 0.1) is 0 Å². The Hall–Kier alpha value is -1.50. The van der Waals surface area contributed by atoms with Gasteiger partial charge in [-0.25, -0.2) is 4.68 Å². The summed E-state index contributed by atoms with van der Waals surface area (Å²) in [6.45, 7) is 5.32. The van der Waals surface area contributed by atoms with Gasteiger partial charge in [0.25, 0.3) is 0 Å². The maximum Gasteiger partial charge on any atom is 0.303 e. The van der Waals surface area contributed by atoms with Crippen LogP contribution < -0.4 is 0 Å². The van der Waals surface area contributed by atoms with Gasteiger partial charge in [-0.1, -0.05) is 13.3 Å².